The third-order valence-corrected chi connectivity index (χ3v) is 7.51. The second-order valence-corrected chi connectivity index (χ2v) is 9.79. The molecule has 1 aliphatic heterocycles. The van der Waals surface area contributed by atoms with Crippen molar-refractivity contribution in [1.82, 2.24) is 14.4 Å². The van der Waals surface area contributed by atoms with Crippen molar-refractivity contribution >= 4 is 21.6 Å². The average molecular weight is 432 g/mol. The van der Waals surface area contributed by atoms with Crippen LogP contribution in [-0.4, -0.2) is 36.0 Å². The summed E-state index contributed by atoms with van der Waals surface area (Å²) in [7, 11) is -3.56. The van der Waals surface area contributed by atoms with E-state index in [1.165, 1.54) is 4.31 Å². The summed E-state index contributed by atoms with van der Waals surface area (Å²) < 4.78 is 33.3. The lowest BCUT2D eigenvalue weighted by atomic mass is 10.00. The first-order valence-electron chi connectivity index (χ1n) is 9.51. The zero-order valence-electron chi connectivity index (χ0n) is 16.3. The van der Waals surface area contributed by atoms with E-state index in [4.69, 9.17) is 16.1 Å². The Hall–Kier alpha value is -2.22. The summed E-state index contributed by atoms with van der Waals surface area (Å²) in [4.78, 5) is 4.83. The van der Waals surface area contributed by atoms with Crippen LogP contribution in [-0.2, 0) is 10.0 Å². The summed E-state index contributed by atoms with van der Waals surface area (Å²) in [5, 5.41) is 4.70. The van der Waals surface area contributed by atoms with Crippen LogP contribution in [0, 0.1) is 13.8 Å². The van der Waals surface area contributed by atoms with Crippen LogP contribution in [0.2, 0.25) is 5.02 Å². The van der Waals surface area contributed by atoms with E-state index < -0.39 is 10.0 Å². The molecular formula is C21H22ClN3O3S. The Kier molecular flexibility index (Phi) is 5.46. The van der Waals surface area contributed by atoms with Crippen molar-refractivity contribution in [2.75, 3.05) is 13.1 Å². The first-order chi connectivity index (χ1) is 13.8. The standard InChI is InChI=1S/C21H22ClN3O3S/c1-14-5-10-19(12-15(14)2)29(26,27)25-11-3-4-17(13-25)21-23-20(24-28-21)16-6-8-18(22)9-7-16/h5-10,12,17H,3-4,11,13H2,1-2H3/t17-/m0/s1. The Morgan fingerprint density at radius 1 is 1.10 bits per heavy atom. The highest BCUT2D eigenvalue weighted by Gasteiger charge is 2.33. The lowest BCUT2D eigenvalue weighted by Crippen LogP contribution is -2.39. The summed E-state index contributed by atoms with van der Waals surface area (Å²) in [6.07, 6.45) is 1.55. The van der Waals surface area contributed by atoms with Crippen LogP contribution in [0.1, 0.15) is 35.8 Å². The number of sulfonamides is 1. The van der Waals surface area contributed by atoms with Crippen LogP contribution in [0.5, 0.6) is 0 Å². The molecule has 0 N–H and O–H groups in total. The molecule has 1 fully saturated rings. The quantitative estimate of drug-likeness (QED) is 0.604. The molecule has 0 saturated carbocycles. The van der Waals surface area contributed by atoms with E-state index in [9.17, 15) is 8.42 Å². The molecule has 0 unspecified atom stereocenters. The topological polar surface area (TPSA) is 76.3 Å². The highest BCUT2D eigenvalue weighted by atomic mass is 35.5. The van der Waals surface area contributed by atoms with Gasteiger partial charge in [-0.2, -0.15) is 9.29 Å². The fraction of sp³-hybridized carbons (Fsp3) is 0.333. The molecule has 1 atom stereocenters. The second-order valence-electron chi connectivity index (χ2n) is 7.41. The number of rotatable bonds is 4. The van der Waals surface area contributed by atoms with Crippen molar-refractivity contribution in [2.45, 2.75) is 37.5 Å². The molecule has 152 valence electrons. The number of benzene rings is 2. The van der Waals surface area contributed by atoms with Crippen LogP contribution >= 0.6 is 11.6 Å². The first kappa shape index (κ1) is 20.1. The molecular weight excluding hydrogens is 410 g/mol. The van der Waals surface area contributed by atoms with Gasteiger partial charge in [-0.3, -0.25) is 0 Å². The molecule has 1 saturated heterocycles. The minimum Gasteiger partial charge on any atom is -0.339 e. The molecule has 6 nitrogen and oxygen atoms in total. The Morgan fingerprint density at radius 2 is 1.86 bits per heavy atom. The van der Waals surface area contributed by atoms with Gasteiger partial charge in [0.05, 0.1) is 10.8 Å². The summed E-state index contributed by atoms with van der Waals surface area (Å²) in [5.41, 5.74) is 2.84. The minimum absolute atomic E-state index is 0.126. The molecule has 0 amide bonds. The number of halogens is 1. The SMILES string of the molecule is Cc1ccc(S(=O)(=O)N2CCC[C@H](c3nc(-c4ccc(Cl)cc4)no3)C2)cc1C. The molecule has 0 bridgehead atoms. The molecule has 0 spiro atoms. The molecule has 1 aromatic heterocycles. The van der Waals surface area contributed by atoms with Gasteiger partial charge >= 0.3 is 0 Å². The fourth-order valence-corrected chi connectivity index (χ4v) is 5.24. The zero-order chi connectivity index (χ0) is 20.6. The third-order valence-electron chi connectivity index (χ3n) is 5.39. The minimum atomic E-state index is -3.56. The van der Waals surface area contributed by atoms with Crippen LogP contribution < -0.4 is 0 Å². The van der Waals surface area contributed by atoms with Gasteiger partial charge in [-0.15, -0.1) is 0 Å². The monoisotopic (exact) mass is 431 g/mol. The van der Waals surface area contributed by atoms with Gasteiger partial charge in [0, 0.05) is 23.7 Å². The highest BCUT2D eigenvalue weighted by Crippen LogP contribution is 2.31. The molecule has 2 heterocycles. The van der Waals surface area contributed by atoms with Gasteiger partial charge in [-0.1, -0.05) is 22.8 Å². The van der Waals surface area contributed by atoms with Crippen molar-refractivity contribution in [3.05, 3.63) is 64.5 Å². The number of aryl methyl sites for hydroxylation is 2. The Morgan fingerprint density at radius 3 is 2.59 bits per heavy atom. The van der Waals surface area contributed by atoms with Crippen LogP contribution in [0.4, 0.5) is 0 Å². The van der Waals surface area contributed by atoms with Crippen LogP contribution in [0.3, 0.4) is 0 Å². The van der Waals surface area contributed by atoms with E-state index in [-0.39, 0.29) is 5.92 Å². The summed E-state index contributed by atoms with van der Waals surface area (Å²) in [6.45, 7) is 4.71. The predicted molar refractivity (Wildman–Crippen MR) is 111 cm³/mol. The van der Waals surface area contributed by atoms with E-state index in [2.05, 4.69) is 10.1 Å². The molecule has 8 heteroatoms. The number of nitrogens with zero attached hydrogens (tertiary/aromatic N) is 3. The van der Waals surface area contributed by atoms with E-state index in [1.807, 2.05) is 32.0 Å². The fourth-order valence-electron chi connectivity index (χ4n) is 3.50. The maximum absolute atomic E-state index is 13.1. The van der Waals surface area contributed by atoms with Gasteiger partial charge in [-0.25, -0.2) is 8.42 Å². The van der Waals surface area contributed by atoms with E-state index in [1.54, 1.807) is 24.3 Å². The molecule has 3 aromatic rings. The maximum atomic E-state index is 13.1. The average Bonchev–Trinajstić information content (AvgIpc) is 3.21. The molecule has 2 aromatic carbocycles. The lowest BCUT2D eigenvalue weighted by molar-refractivity contribution is 0.265. The number of hydrogen-bond acceptors (Lipinski definition) is 5. The second kappa shape index (κ2) is 7.89. The molecule has 0 radical (unpaired) electrons. The van der Waals surface area contributed by atoms with Crippen LogP contribution in [0.25, 0.3) is 11.4 Å². The molecule has 4 rings (SSSR count). The van der Waals surface area contributed by atoms with Crippen molar-refractivity contribution in [3.8, 4) is 11.4 Å². The van der Waals surface area contributed by atoms with Gasteiger partial charge in [0.15, 0.2) is 0 Å². The van der Waals surface area contributed by atoms with E-state index >= 15 is 0 Å². The smallest absolute Gasteiger partial charge is 0.243 e. The van der Waals surface area contributed by atoms with Gasteiger partial charge in [0.2, 0.25) is 21.7 Å². The van der Waals surface area contributed by atoms with Crippen molar-refractivity contribution in [1.29, 1.82) is 0 Å². The van der Waals surface area contributed by atoms with Crippen molar-refractivity contribution in [2.24, 2.45) is 0 Å². The Balaban J connectivity index is 1.55. The molecule has 0 aliphatic carbocycles. The van der Waals surface area contributed by atoms with Gasteiger partial charge in [-0.05, 0) is 74.2 Å². The number of piperidine rings is 1. The normalized spacial score (nSPS) is 18.1. The molecule has 29 heavy (non-hydrogen) atoms. The first-order valence-corrected chi connectivity index (χ1v) is 11.3. The Labute approximate surface area is 175 Å². The maximum Gasteiger partial charge on any atom is 0.243 e. The summed E-state index contributed by atoms with van der Waals surface area (Å²) >= 11 is 5.93. The number of hydrogen-bond donors (Lipinski definition) is 0. The van der Waals surface area contributed by atoms with E-state index in [0.717, 1.165) is 29.5 Å². The third kappa shape index (κ3) is 4.08. The summed E-state index contributed by atoms with van der Waals surface area (Å²) in [5.74, 6) is 0.819. The van der Waals surface area contributed by atoms with E-state index in [0.29, 0.717) is 34.7 Å². The zero-order valence-corrected chi connectivity index (χ0v) is 17.9. The largest absolute Gasteiger partial charge is 0.339 e. The predicted octanol–water partition coefficient (Wildman–Crippen LogP) is 4.58. The van der Waals surface area contributed by atoms with Gasteiger partial charge < -0.3 is 4.52 Å². The Bertz CT molecular complexity index is 1130. The summed E-state index contributed by atoms with van der Waals surface area (Å²) in [6, 6.07) is 12.5. The lowest BCUT2D eigenvalue weighted by Gasteiger charge is -2.30. The van der Waals surface area contributed by atoms with Crippen molar-refractivity contribution in [3.63, 3.8) is 0 Å². The van der Waals surface area contributed by atoms with Gasteiger partial charge in [0.25, 0.3) is 0 Å². The highest BCUT2D eigenvalue weighted by molar-refractivity contribution is 7.89. The molecule has 1 aliphatic rings. The van der Waals surface area contributed by atoms with Gasteiger partial charge in [0.1, 0.15) is 0 Å². The number of aromatic nitrogens is 2. The van der Waals surface area contributed by atoms with Crippen LogP contribution in [0.15, 0.2) is 51.9 Å². The van der Waals surface area contributed by atoms with Crippen molar-refractivity contribution < 1.29 is 12.9 Å².